The Hall–Kier alpha value is -2.63. The molecule has 0 spiro atoms. The SMILES string of the molecule is CC(=O)c1cc(-c2ccc(F)cc2)c2ccc(CN3CCNC(C(C)C)C3)cc2n1. The molecular formula is C25H28FN3O. The van der Waals surface area contributed by atoms with Gasteiger partial charge in [0.15, 0.2) is 5.78 Å². The topological polar surface area (TPSA) is 45.2 Å². The number of aromatic nitrogens is 1. The van der Waals surface area contributed by atoms with Gasteiger partial charge in [0.2, 0.25) is 0 Å². The van der Waals surface area contributed by atoms with Gasteiger partial charge in [-0.2, -0.15) is 0 Å². The zero-order valence-corrected chi connectivity index (χ0v) is 17.8. The Labute approximate surface area is 177 Å². The fourth-order valence-electron chi connectivity index (χ4n) is 4.11. The summed E-state index contributed by atoms with van der Waals surface area (Å²) in [7, 11) is 0. The summed E-state index contributed by atoms with van der Waals surface area (Å²) in [5.74, 6) is 0.247. The third kappa shape index (κ3) is 4.42. The molecule has 0 radical (unpaired) electrons. The summed E-state index contributed by atoms with van der Waals surface area (Å²) < 4.78 is 13.4. The number of hydrogen-bond donors (Lipinski definition) is 1. The van der Waals surface area contributed by atoms with Crippen molar-refractivity contribution in [2.24, 2.45) is 5.92 Å². The molecule has 0 aliphatic carbocycles. The molecule has 0 amide bonds. The number of Topliss-reactive ketones (excluding diaryl/α,β-unsaturated/α-hetero) is 1. The molecule has 1 N–H and O–H groups in total. The molecule has 156 valence electrons. The van der Waals surface area contributed by atoms with Crippen LogP contribution in [0.2, 0.25) is 0 Å². The zero-order chi connectivity index (χ0) is 21.3. The average molecular weight is 406 g/mol. The van der Waals surface area contributed by atoms with E-state index in [1.165, 1.54) is 24.6 Å². The Kier molecular flexibility index (Phi) is 5.93. The summed E-state index contributed by atoms with van der Waals surface area (Å²) >= 11 is 0. The molecule has 1 atom stereocenters. The summed E-state index contributed by atoms with van der Waals surface area (Å²) in [6.07, 6.45) is 0. The fraction of sp³-hybridized carbons (Fsp3) is 0.360. The summed E-state index contributed by atoms with van der Waals surface area (Å²) in [5.41, 5.74) is 4.20. The van der Waals surface area contributed by atoms with Crippen molar-refractivity contribution < 1.29 is 9.18 Å². The lowest BCUT2D eigenvalue weighted by Crippen LogP contribution is -2.52. The monoisotopic (exact) mass is 405 g/mol. The molecule has 4 rings (SSSR count). The van der Waals surface area contributed by atoms with Gasteiger partial charge < -0.3 is 5.32 Å². The van der Waals surface area contributed by atoms with Crippen LogP contribution in [-0.2, 0) is 6.54 Å². The second-order valence-corrected chi connectivity index (χ2v) is 8.51. The first-order valence-corrected chi connectivity index (χ1v) is 10.6. The first kappa shape index (κ1) is 20.6. The number of nitrogens with one attached hydrogen (secondary N) is 1. The normalized spacial score (nSPS) is 17.6. The van der Waals surface area contributed by atoms with Crippen molar-refractivity contribution in [3.63, 3.8) is 0 Å². The average Bonchev–Trinajstić information content (AvgIpc) is 2.73. The van der Waals surface area contributed by atoms with Crippen LogP contribution in [0.15, 0.2) is 48.5 Å². The number of carbonyl (C=O) groups is 1. The van der Waals surface area contributed by atoms with E-state index in [0.29, 0.717) is 17.7 Å². The fourth-order valence-corrected chi connectivity index (χ4v) is 4.11. The van der Waals surface area contributed by atoms with Crippen LogP contribution >= 0.6 is 0 Å². The molecule has 1 unspecified atom stereocenters. The highest BCUT2D eigenvalue weighted by Crippen LogP contribution is 2.30. The highest BCUT2D eigenvalue weighted by atomic mass is 19.1. The first-order chi connectivity index (χ1) is 14.4. The Morgan fingerprint density at radius 3 is 2.67 bits per heavy atom. The van der Waals surface area contributed by atoms with E-state index in [4.69, 9.17) is 0 Å². The Balaban J connectivity index is 1.69. The predicted molar refractivity (Wildman–Crippen MR) is 119 cm³/mol. The maximum Gasteiger partial charge on any atom is 0.178 e. The number of pyridine rings is 1. The van der Waals surface area contributed by atoms with Crippen LogP contribution in [0.1, 0.15) is 36.8 Å². The van der Waals surface area contributed by atoms with Gasteiger partial charge in [0.25, 0.3) is 0 Å². The summed E-state index contributed by atoms with van der Waals surface area (Å²) in [4.78, 5) is 19.2. The van der Waals surface area contributed by atoms with Gasteiger partial charge in [-0.1, -0.05) is 38.1 Å². The Morgan fingerprint density at radius 1 is 1.20 bits per heavy atom. The highest BCUT2D eigenvalue weighted by molar-refractivity contribution is 6.01. The molecule has 1 fully saturated rings. The van der Waals surface area contributed by atoms with Gasteiger partial charge in [0, 0.05) is 44.5 Å². The van der Waals surface area contributed by atoms with Gasteiger partial charge >= 0.3 is 0 Å². The molecule has 30 heavy (non-hydrogen) atoms. The minimum Gasteiger partial charge on any atom is -0.311 e. The van der Waals surface area contributed by atoms with Crippen molar-refractivity contribution in [1.82, 2.24) is 15.2 Å². The van der Waals surface area contributed by atoms with E-state index in [2.05, 4.69) is 47.2 Å². The second-order valence-electron chi connectivity index (χ2n) is 8.51. The number of ketones is 1. The Morgan fingerprint density at radius 2 is 1.97 bits per heavy atom. The first-order valence-electron chi connectivity index (χ1n) is 10.6. The minimum atomic E-state index is -0.276. The lowest BCUT2D eigenvalue weighted by molar-refractivity contribution is 0.101. The van der Waals surface area contributed by atoms with E-state index in [1.54, 1.807) is 18.2 Å². The largest absolute Gasteiger partial charge is 0.311 e. The van der Waals surface area contributed by atoms with Crippen LogP contribution in [0.3, 0.4) is 0 Å². The standard InChI is InChI=1S/C25H28FN3O/c1-16(2)25-15-29(11-10-27-25)14-18-4-9-21-22(19-5-7-20(26)8-6-19)13-23(17(3)30)28-24(21)12-18/h4-9,12-13,16,25,27H,10-11,14-15H2,1-3H3. The van der Waals surface area contributed by atoms with Crippen LogP contribution in [0.5, 0.6) is 0 Å². The molecule has 5 heteroatoms. The maximum absolute atomic E-state index is 13.4. The van der Waals surface area contributed by atoms with Crippen LogP contribution in [0.4, 0.5) is 4.39 Å². The van der Waals surface area contributed by atoms with E-state index in [9.17, 15) is 9.18 Å². The van der Waals surface area contributed by atoms with Gasteiger partial charge in [0.05, 0.1) is 5.52 Å². The lowest BCUT2D eigenvalue weighted by Gasteiger charge is -2.35. The molecule has 2 aromatic carbocycles. The van der Waals surface area contributed by atoms with Crippen LogP contribution < -0.4 is 5.32 Å². The van der Waals surface area contributed by atoms with Gasteiger partial charge in [-0.25, -0.2) is 9.37 Å². The van der Waals surface area contributed by atoms with Gasteiger partial charge in [0.1, 0.15) is 11.5 Å². The van der Waals surface area contributed by atoms with Gasteiger partial charge in [-0.15, -0.1) is 0 Å². The van der Waals surface area contributed by atoms with Crippen molar-refractivity contribution in [1.29, 1.82) is 0 Å². The number of nitrogens with zero attached hydrogens (tertiary/aromatic N) is 2. The van der Waals surface area contributed by atoms with Crippen LogP contribution in [-0.4, -0.2) is 41.3 Å². The zero-order valence-electron chi connectivity index (χ0n) is 17.8. The summed E-state index contributed by atoms with van der Waals surface area (Å²) in [5, 5.41) is 4.56. The Bertz CT molecular complexity index is 1060. The number of benzene rings is 2. The van der Waals surface area contributed by atoms with Gasteiger partial charge in [-0.05, 0) is 46.9 Å². The van der Waals surface area contributed by atoms with E-state index < -0.39 is 0 Å². The number of hydrogen-bond acceptors (Lipinski definition) is 4. The minimum absolute atomic E-state index is 0.0763. The molecule has 1 aliphatic rings. The second kappa shape index (κ2) is 8.62. The highest BCUT2D eigenvalue weighted by Gasteiger charge is 2.22. The third-order valence-electron chi connectivity index (χ3n) is 5.89. The van der Waals surface area contributed by atoms with E-state index >= 15 is 0 Å². The third-order valence-corrected chi connectivity index (χ3v) is 5.89. The number of rotatable bonds is 5. The summed E-state index contributed by atoms with van der Waals surface area (Å²) in [6.45, 7) is 9.93. The number of piperazine rings is 1. The van der Waals surface area contributed by atoms with Gasteiger partial charge in [-0.3, -0.25) is 9.69 Å². The molecule has 1 aromatic heterocycles. The number of fused-ring (bicyclic) bond motifs is 1. The number of halogens is 1. The van der Waals surface area contributed by atoms with Crippen molar-refractivity contribution in [2.45, 2.75) is 33.4 Å². The quantitative estimate of drug-likeness (QED) is 0.627. The molecular weight excluding hydrogens is 377 g/mol. The molecule has 2 heterocycles. The molecule has 0 saturated carbocycles. The van der Waals surface area contributed by atoms with Crippen LogP contribution in [0, 0.1) is 11.7 Å². The lowest BCUT2D eigenvalue weighted by atomic mass is 9.98. The van der Waals surface area contributed by atoms with E-state index in [1.807, 2.05) is 0 Å². The van der Waals surface area contributed by atoms with Crippen LogP contribution in [0.25, 0.3) is 22.0 Å². The summed E-state index contributed by atoms with van der Waals surface area (Å²) in [6, 6.07) is 15.0. The molecule has 4 nitrogen and oxygen atoms in total. The van der Waals surface area contributed by atoms with Crippen molar-refractivity contribution in [3.8, 4) is 11.1 Å². The van der Waals surface area contributed by atoms with Crippen molar-refractivity contribution >= 4 is 16.7 Å². The van der Waals surface area contributed by atoms with Crippen molar-refractivity contribution in [3.05, 3.63) is 65.6 Å². The molecule has 1 aliphatic heterocycles. The van der Waals surface area contributed by atoms with Crippen molar-refractivity contribution in [2.75, 3.05) is 19.6 Å². The maximum atomic E-state index is 13.4. The number of carbonyl (C=O) groups excluding carboxylic acids is 1. The van der Waals surface area contributed by atoms with E-state index in [0.717, 1.165) is 48.2 Å². The predicted octanol–water partition coefficient (Wildman–Crippen LogP) is 4.67. The smallest absolute Gasteiger partial charge is 0.178 e. The molecule has 1 saturated heterocycles. The van der Waals surface area contributed by atoms with E-state index in [-0.39, 0.29) is 11.6 Å². The molecule has 0 bridgehead atoms. The molecule has 3 aromatic rings.